The highest BCUT2D eigenvalue weighted by Crippen LogP contribution is 2.28. The van der Waals surface area contributed by atoms with E-state index in [2.05, 4.69) is 4.90 Å². The number of hydrogen-bond donors (Lipinski definition) is 0. The number of carbonyl (C=O) groups is 1. The predicted molar refractivity (Wildman–Crippen MR) is 51.8 cm³/mol. The first-order chi connectivity index (χ1) is 7.39. The highest BCUT2D eigenvalue weighted by atomic mass is 19.4. The standard InChI is InChI=1S/C10H15F3N2O/c1-7-5-14-4-2-3-8(14)6-15(7)9(16)10(11,12)13/h7-8H,2-6H2,1H3. The first-order valence-corrected chi connectivity index (χ1v) is 5.51. The number of piperazine rings is 1. The maximum absolute atomic E-state index is 12.3. The monoisotopic (exact) mass is 236 g/mol. The van der Waals surface area contributed by atoms with Gasteiger partial charge in [-0.1, -0.05) is 0 Å². The molecule has 2 rings (SSSR count). The molecule has 0 bridgehead atoms. The highest BCUT2D eigenvalue weighted by molar-refractivity contribution is 5.82. The Balaban J connectivity index is 2.08. The van der Waals surface area contributed by atoms with E-state index in [1.165, 1.54) is 0 Å². The van der Waals surface area contributed by atoms with Crippen LogP contribution in [-0.4, -0.2) is 53.6 Å². The molecule has 2 atom stereocenters. The molecule has 0 N–H and O–H groups in total. The third kappa shape index (κ3) is 2.03. The molecule has 0 aromatic carbocycles. The lowest BCUT2D eigenvalue weighted by Gasteiger charge is -2.42. The number of rotatable bonds is 0. The number of fused-ring (bicyclic) bond motifs is 1. The molecule has 0 aromatic rings. The maximum Gasteiger partial charge on any atom is 0.471 e. The van der Waals surface area contributed by atoms with E-state index in [1.54, 1.807) is 6.92 Å². The van der Waals surface area contributed by atoms with Crippen LogP contribution in [-0.2, 0) is 4.79 Å². The van der Waals surface area contributed by atoms with Crippen molar-refractivity contribution in [3.05, 3.63) is 0 Å². The first-order valence-electron chi connectivity index (χ1n) is 5.51. The lowest BCUT2D eigenvalue weighted by Crippen LogP contribution is -2.59. The van der Waals surface area contributed by atoms with Crippen LogP contribution in [0.3, 0.4) is 0 Å². The number of amides is 1. The van der Waals surface area contributed by atoms with Gasteiger partial charge in [0.15, 0.2) is 0 Å². The second-order valence-electron chi connectivity index (χ2n) is 4.60. The largest absolute Gasteiger partial charge is 0.471 e. The fourth-order valence-corrected chi connectivity index (χ4v) is 2.63. The number of nitrogens with zero attached hydrogens (tertiary/aromatic N) is 2. The lowest BCUT2D eigenvalue weighted by atomic mass is 10.1. The summed E-state index contributed by atoms with van der Waals surface area (Å²) >= 11 is 0. The molecule has 0 aromatic heterocycles. The van der Waals surface area contributed by atoms with Crippen molar-refractivity contribution in [1.82, 2.24) is 9.80 Å². The van der Waals surface area contributed by atoms with Gasteiger partial charge in [0.1, 0.15) is 0 Å². The van der Waals surface area contributed by atoms with E-state index in [4.69, 9.17) is 0 Å². The van der Waals surface area contributed by atoms with Crippen molar-refractivity contribution < 1.29 is 18.0 Å². The van der Waals surface area contributed by atoms with Crippen LogP contribution < -0.4 is 0 Å². The fraction of sp³-hybridized carbons (Fsp3) is 0.900. The summed E-state index contributed by atoms with van der Waals surface area (Å²) in [6.45, 7) is 3.41. The van der Waals surface area contributed by atoms with Crippen molar-refractivity contribution in [2.24, 2.45) is 0 Å². The lowest BCUT2D eigenvalue weighted by molar-refractivity contribution is -0.190. The van der Waals surface area contributed by atoms with Gasteiger partial charge in [0, 0.05) is 25.2 Å². The molecule has 3 nitrogen and oxygen atoms in total. The van der Waals surface area contributed by atoms with Crippen LogP contribution in [0.2, 0.25) is 0 Å². The molecule has 6 heteroatoms. The normalized spacial score (nSPS) is 31.6. The van der Waals surface area contributed by atoms with E-state index >= 15 is 0 Å². The second kappa shape index (κ2) is 3.91. The minimum atomic E-state index is -4.74. The number of alkyl halides is 3. The molecule has 2 heterocycles. The van der Waals surface area contributed by atoms with Crippen LogP contribution >= 0.6 is 0 Å². The van der Waals surface area contributed by atoms with E-state index in [0.717, 1.165) is 24.3 Å². The Morgan fingerprint density at radius 3 is 2.62 bits per heavy atom. The van der Waals surface area contributed by atoms with E-state index in [0.29, 0.717) is 6.54 Å². The van der Waals surface area contributed by atoms with Crippen molar-refractivity contribution >= 4 is 5.91 Å². The molecule has 2 fully saturated rings. The van der Waals surface area contributed by atoms with E-state index in [-0.39, 0.29) is 18.6 Å². The summed E-state index contributed by atoms with van der Waals surface area (Å²) in [6.07, 6.45) is -2.82. The highest BCUT2D eigenvalue weighted by Gasteiger charge is 2.47. The SMILES string of the molecule is CC1CN2CCCC2CN1C(=O)C(F)(F)F. The zero-order chi connectivity index (χ0) is 11.9. The third-order valence-corrected chi connectivity index (χ3v) is 3.44. The molecule has 0 saturated carbocycles. The molecule has 16 heavy (non-hydrogen) atoms. The van der Waals surface area contributed by atoms with Crippen molar-refractivity contribution in [3.63, 3.8) is 0 Å². The van der Waals surface area contributed by atoms with Crippen LogP contribution in [0.15, 0.2) is 0 Å². The van der Waals surface area contributed by atoms with Gasteiger partial charge in [-0.3, -0.25) is 9.69 Å². The Kier molecular flexibility index (Phi) is 2.86. The predicted octanol–water partition coefficient (Wildman–Crippen LogP) is 1.24. The summed E-state index contributed by atoms with van der Waals surface area (Å²) in [6, 6.07) is -0.217. The van der Waals surface area contributed by atoms with Crippen LogP contribution in [0.4, 0.5) is 13.2 Å². The van der Waals surface area contributed by atoms with E-state index in [9.17, 15) is 18.0 Å². The van der Waals surface area contributed by atoms with Crippen LogP contribution in [0.1, 0.15) is 19.8 Å². The molecule has 0 aliphatic carbocycles. The minimum absolute atomic E-state index is 0.127. The fourth-order valence-electron chi connectivity index (χ4n) is 2.63. The summed E-state index contributed by atoms with van der Waals surface area (Å²) in [5.41, 5.74) is 0. The van der Waals surface area contributed by atoms with Crippen LogP contribution in [0.25, 0.3) is 0 Å². The van der Waals surface area contributed by atoms with Crippen molar-refractivity contribution in [3.8, 4) is 0 Å². The molecule has 2 aliphatic rings. The summed E-state index contributed by atoms with van der Waals surface area (Å²) in [5, 5.41) is 0. The Morgan fingerprint density at radius 1 is 1.31 bits per heavy atom. The molecule has 1 amide bonds. The van der Waals surface area contributed by atoms with Crippen molar-refractivity contribution in [2.75, 3.05) is 19.6 Å². The Hall–Kier alpha value is -0.780. The van der Waals surface area contributed by atoms with Gasteiger partial charge in [-0.15, -0.1) is 0 Å². The van der Waals surface area contributed by atoms with Gasteiger partial charge in [0.05, 0.1) is 0 Å². The zero-order valence-electron chi connectivity index (χ0n) is 9.13. The number of halogens is 3. The zero-order valence-corrected chi connectivity index (χ0v) is 9.13. The summed E-state index contributed by atoms with van der Waals surface area (Å²) in [7, 11) is 0. The second-order valence-corrected chi connectivity index (χ2v) is 4.60. The molecule has 0 spiro atoms. The average Bonchev–Trinajstić information content (AvgIpc) is 2.60. The third-order valence-electron chi connectivity index (χ3n) is 3.44. The average molecular weight is 236 g/mol. The summed E-state index contributed by atoms with van der Waals surface area (Å²) < 4.78 is 37.0. The van der Waals surface area contributed by atoms with Gasteiger partial charge in [-0.05, 0) is 26.3 Å². The van der Waals surface area contributed by atoms with Crippen molar-refractivity contribution in [1.29, 1.82) is 0 Å². The van der Waals surface area contributed by atoms with Gasteiger partial charge in [0.2, 0.25) is 0 Å². The minimum Gasteiger partial charge on any atom is -0.329 e. The first kappa shape index (κ1) is 11.7. The summed E-state index contributed by atoms with van der Waals surface area (Å²) in [5.74, 6) is -1.69. The molecule has 2 aliphatic heterocycles. The van der Waals surface area contributed by atoms with Gasteiger partial charge in [-0.25, -0.2) is 0 Å². The Labute approximate surface area is 92.2 Å². The van der Waals surface area contributed by atoms with Gasteiger partial charge in [-0.2, -0.15) is 13.2 Å². The van der Waals surface area contributed by atoms with E-state index < -0.39 is 12.1 Å². The quantitative estimate of drug-likeness (QED) is 0.632. The maximum atomic E-state index is 12.3. The smallest absolute Gasteiger partial charge is 0.329 e. The van der Waals surface area contributed by atoms with Crippen LogP contribution in [0, 0.1) is 0 Å². The number of carbonyl (C=O) groups excluding carboxylic acids is 1. The molecule has 2 saturated heterocycles. The van der Waals surface area contributed by atoms with E-state index in [1.807, 2.05) is 0 Å². The van der Waals surface area contributed by atoms with Crippen molar-refractivity contribution in [2.45, 2.75) is 38.0 Å². The van der Waals surface area contributed by atoms with Gasteiger partial charge in [0.25, 0.3) is 0 Å². The summed E-state index contributed by atoms with van der Waals surface area (Å²) in [4.78, 5) is 14.4. The molecule has 92 valence electrons. The topological polar surface area (TPSA) is 23.6 Å². The van der Waals surface area contributed by atoms with Gasteiger partial charge >= 0.3 is 12.1 Å². The molecule has 0 radical (unpaired) electrons. The molecular weight excluding hydrogens is 221 g/mol. The Morgan fingerprint density at radius 2 is 2.00 bits per heavy atom. The van der Waals surface area contributed by atoms with Gasteiger partial charge < -0.3 is 4.90 Å². The molecular formula is C10H15F3N2O. The number of hydrogen-bond acceptors (Lipinski definition) is 2. The Bertz CT molecular complexity index is 292. The van der Waals surface area contributed by atoms with Crippen LogP contribution in [0.5, 0.6) is 0 Å². The molecule has 2 unspecified atom stereocenters.